The molecule has 4 aliphatic heterocycles. The molecule has 4 saturated heterocycles. The van der Waals surface area contributed by atoms with E-state index in [0.717, 1.165) is 93.8 Å². The summed E-state index contributed by atoms with van der Waals surface area (Å²) >= 11 is 0. The second-order valence-corrected chi connectivity index (χ2v) is 37.0. The van der Waals surface area contributed by atoms with Crippen LogP contribution in [0.1, 0.15) is 173 Å². The Labute approximate surface area is 591 Å². The quantitative estimate of drug-likeness (QED) is 0.0584. The minimum Gasteiger partial charge on any atom is -0.379 e. The zero-order chi connectivity index (χ0) is 72.8. The maximum absolute atomic E-state index is 12.6. The Balaban J connectivity index is 0.000000222. The molecule has 4 aliphatic rings. The van der Waals surface area contributed by atoms with Gasteiger partial charge in [0.05, 0.1) is 37.7 Å². The van der Waals surface area contributed by atoms with Gasteiger partial charge in [0.25, 0.3) is 0 Å². The second-order valence-electron chi connectivity index (χ2n) is 27.9. The number of nitrogens with zero attached hydrogens (tertiary/aromatic N) is 6. The van der Waals surface area contributed by atoms with E-state index < -0.39 is 50.1 Å². The van der Waals surface area contributed by atoms with E-state index in [1.807, 2.05) is 79.7 Å². The Hall–Kier alpha value is -4.55. The number of rotatable bonds is 22. The second kappa shape index (κ2) is 39.2. The summed E-state index contributed by atoms with van der Waals surface area (Å²) in [6.07, 6.45) is 3.50. The summed E-state index contributed by atoms with van der Waals surface area (Å²) < 4.78 is 140. The lowest BCUT2D eigenvalue weighted by Gasteiger charge is -2.34. The molecule has 20 nitrogen and oxygen atoms in total. The largest absolute Gasteiger partial charge is 0.379 e. The SMILES string of the molecule is CC(C)c1ccc(S(=O)(=O)N2CCOCC2)cc1.CC(C)c1ccc(S(=O)(=O)NC2CCN(C(C)C)CC2)cc1.CC(C)c1ccc(S(=O)(=O)NC2CCN(C)CC2)cc1.CC(C)c1ccc(S(=O)(=O)NCCN(C)C)cc1.CCN1CCN(S(=O)(=O)c2ccc(C(C)C)cc2)CC1. The Morgan fingerprint density at radius 1 is 0.408 bits per heavy atom. The molecule has 3 N–H and O–H groups in total. The van der Waals surface area contributed by atoms with Gasteiger partial charge in [-0.2, -0.15) is 8.61 Å². The van der Waals surface area contributed by atoms with Crippen molar-refractivity contribution in [1.29, 1.82) is 0 Å². The van der Waals surface area contributed by atoms with Crippen molar-refractivity contribution in [2.24, 2.45) is 0 Å². The smallest absolute Gasteiger partial charge is 0.243 e. The number of ether oxygens (including phenoxy) is 1. The molecule has 4 fully saturated rings. The number of likely N-dealkylation sites (N-methyl/N-ethyl adjacent to an activating group) is 2. The van der Waals surface area contributed by atoms with Crippen LogP contribution in [0.2, 0.25) is 0 Å². The Morgan fingerprint density at radius 3 is 1.00 bits per heavy atom. The minimum absolute atomic E-state index is 0.0461. The van der Waals surface area contributed by atoms with E-state index in [9.17, 15) is 42.1 Å². The van der Waals surface area contributed by atoms with Gasteiger partial charge in [0.1, 0.15) is 0 Å². The van der Waals surface area contributed by atoms with Gasteiger partial charge in [0.2, 0.25) is 50.1 Å². The van der Waals surface area contributed by atoms with Crippen LogP contribution in [0.5, 0.6) is 0 Å². The van der Waals surface area contributed by atoms with Crippen molar-refractivity contribution in [3.63, 3.8) is 0 Å². The Bertz CT molecular complexity index is 3740. The topological polar surface area (TPSA) is 235 Å². The lowest BCUT2D eigenvalue weighted by atomic mass is 10.0. The van der Waals surface area contributed by atoms with Crippen LogP contribution >= 0.6 is 0 Å². The maximum atomic E-state index is 12.6. The van der Waals surface area contributed by atoms with E-state index in [0.29, 0.717) is 113 Å². The van der Waals surface area contributed by atoms with Crippen molar-refractivity contribution in [1.82, 2.24) is 42.4 Å². The fourth-order valence-electron chi connectivity index (χ4n) is 11.2. The van der Waals surface area contributed by atoms with Gasteiger partial charge in [0.15, 0.2) is 0 Å². The zero-order valence-electron chi connectivity index (χ0n) is 61.3. The Kier molecular flexibility index (Phi) is 33.6. The van der Waals surface area contributed by atoms with Crippen LogP contribution in [0.3, 0.4) is 0 Å². The lowest BCUT2D eigenvalue weighted by Crippen LogP contribution is -2.48. The molecule has 0 aromatic heterocycles. The molecular weight excluding hydrogens is 1340 g/mol. The molecule has 5 aromatic rings. The molecule has 0 atom stereocenters. The zero-order valence-corrected chi connectivity index (χ0v) is 65.4. The van der Waals surface area contributed by atoms with Crippen molar-refractivity contribution in [3.8, 4) is 0 Å². The number of piperazine rings is 1. The molecule has 0 aliphatic carbocycles. The van der Waals surface area contributed by atoms with Crippen LogP contribution in [0.25, 0.3) is 0 Å². The van der Waals surface area contributed by atoms with E-state index in [2.05, 4.69) is 126 Å². The number of hydrogen-bond acceptors (Lipinski definition) is 15. The standard InChI is InChI=1S/C17H28N2O2S.2C15H24N2O2S.C13H22N2O2S.C13H19NO3S/c1-13(2)15-5-7-17(8-6-15)22(20,21)18-16-9-11-19(12-10-16)14(3)4;1-12(2)13-4-6-15(7-5-13)20(18,19)16-14-8-10-17(3)11-9-14;1-4-16-9-11-17(12-10-16)20(18,19)15-7-5-14(6-8-15)13(2)3;1-11(2)12-5-7-13(8-6-12)18(16,17)14-9-10-15(3)4;1-11(2)12-3-5-13(6-4-12)18(15,16)14-7-9-17-10-8-14/h5-8,13-14,16,18H,9-12H2,1-4H3;4-7,12,14,16H,8-11H2,1-3H3;5-8,13H,4,9-12H2,1-3H3;5-8,11,14H,9-10H2,1-4H3;3-6,11H,7-10H2,1-2H3. The third-order valence-electron chi connectivity index (χ3n) is 18.2. The third-order valence-corrected chi connectivity index (χ3v) is 26.5. The molecule has 9 rings (SSSR count). The Morgan fingerprint density at radius 2 is 0.704 bits per heavy atom. The number of likely N-dealkylation sites (tertiary alicyclic amines) is 2. The molecule has 25 heteroatoms. The van der Waals surface area contributed by atoms with Crippen molar-refractivity contribution in [2.45, 2.75) is 188 Å². The van der Waals surface area contributed by atoms with Gasteiger partial charge >= 0.3 is 0 Å². The maximum Gasteiger partial charge on any atom is 0.243 e. The van der Waals surface area contributed by atoms with E-state index in [1.54, 1.807) is 65.0 Å². The number of morpholine rings is 1. The van der Waals surface area contributed by atoms with Gasteiger partial charge in [-0.15, -0.1) is 0 Å². The highest BCUT2D eigenvalue weighted by Crippen LogP contribution is 2.26. The first kappa shape index (κ1) is 84.1. The molecule has 4 heterocycles. The predicted molar refractivity (Wildman–Crippen MR) is 398 cm³/mol. The summed E-state index contributed by atoms with van der Waals surface area (Å²) in [5.74, 6) is 2.05. The average Bonchev–Trinajstić information content (AvgIpc) is 0.871. The van der Waals surface area contributed by atoms with Crippen molar-refractivity contribution in [3.05, 3.63) is 149 Å². The highest BCUT2D eigenvalue weighted by Gasteiger charge is 2.30. The van der Waals surface area contributed by atoms with E-state index in [4.69, 9.17) is 4.74 Å². The third kappa shape index (κ3) is 26.4. The molecule has 0 amide bonds. The summed E-state index contributed by atoms with van der Waals surface area (Å²) in [7, 11) is -11.0. The fraction of sp³-hybridized carbons (Fsp3) is 0.589. The van der Waals surface area contributed by atoms with Gasteiger partial charge < -0.3 is 24.3 Å². The molecule has 0 spiro atoms. The summed E-state index contributed by atoms with van der Waals surface area (Å²) in [5, 5.41) is 0. The number of benzene rings is 5. The summed E-state index contributed by atoms with van der Waals surface area (Å²) in [6.45, 7) is 37.9. The number of hydrogen-bond donors (Lipinski definition) is 3. The molecule has 98 heavy (non-hydrogen) atoms. The molecule has 550 valence electrons. The van der Waals surface area contributed by atoms with Gasteiger partial charge in [0, 0.05) is 70.5 Å². The summed E-state index contributed by atoms with van der Waals surface area (Å²) in [4.78, 5) is 10.7. The first-order chi connectivity index (χ1) is 46.0. The molecule has 0 unspecified atom stereocenters. The summed E-state index contributed by atoms with van der Waals surface area (Å²) in [6, 6.07) is 36.6. The molecule has 0 bridgehead atoms. The normalized spacial score (nSPS) is 17.3. The molecular formula is C73H117N9O11S5. The minimum atomic E-state index is -3.41. The first-order valence-electron chi connectivity index (χ1n) is 34.9. The van der Waals surface area contributed by atoms with Gasteiger partial charge in [-0.25, -0.2) is 56.3 Å². The van der Waals surface area contributed by atoms with Crippen LogP contribution in [-0.2, 0) is 54.9 Å². The van der Waals surface area contributed by atoms with Gasteiger partial charge in [-0.05, 0) is 211 Å². The fourth-order valence-corrected chi connectivity index (χ4v) is 17.7. The van der Waals surface area contributed by atoms with Crippen molar-refractivity contribution in [2.75, 3.05) is 119 Å². The van der Waals surface area contributed by atoms with E-state index in [-0.39, 0.29) is 12.1 Å². The van der Waals surface area contributed by atoms with Crippen LogP contribution < -0.4 is 14.2 Å². The van der Waals surface area contributed by atoms with Crippen molar-refractivity contribution >= 4 is 50.1 Å². The molecule has 0 radical (unpaired) electrons. The number of piperidine rings is 2. The van der Waals surface area contributed by atoms with Gasteiger partial charge in [-0.1, -0.05) is 137 Å². The number of sulfonamides is 5. The highest BCUT2D eigenvalue weighted by atomic mass is 32.2. The molecule has 0 saturated carbocycles. The van der Waals surface area contributed by atoms with Crippen LogP contribution in [0, 0.1) is 0 Å². The van der Waals surface area contributed by atoms with Crippen LogP contribution in [-0.4, -0.2) is 208 Å². The van der Waals surface area contributed by atoms with Crippen molar-refractivity contribution < 1.29 is 46.8 Å². The van der Waals surface area contributed by atoms with Crippen LogP contribution in [0.15, 0.2) is 146 Å². The first-order valence-corrected chi connectivity index (χ1v) is 42.2. The monoisotopic (exact) mass is 1460 g/mol. The number of nitrogens with one attached hydrogen (secondary N) is 3. The predicted octanol–water partition coefficient (Wildman–Crippen LogP) is 10.8. The molecule has 5 aromatic carbocycles. The van der Waals surface area contributed by atoms with Gasteiger partial charge in [-0.3, -0.25) is 0 Å². The lowest BCUT2D eigenvalue weighted by molar-refractivity contribution is 0.0730. The van der Waals surface area contributed by atoms with E-state index in [1.165, 1.54) is 9.87 Å². The average molecular weight is 1460 g/mol. The summed E-state index contributed by atoms with van der Waals surface area (Å²) in [5.41, 5.74) is 5.77. The van der Waals surface area contributed by atoms with Crippen LogP contribution in [0.4, 0.5) is 0 Å². The van der Waals surface area contributed by atoms with E-state index >= 15 is 0 Å². The highest BCUT2D eigenvalue weighted by molar-refractivity contribution is 7.90.